The second-order valence-electron chi connectivity index (χ2n) is 6.89. The van der Waals surface area contributed by atoms with Crippen molar-refractivity contribution in [3.05, 3.63) is 39.7 Å². The van der Waals surface area contributed by atoms with E-state index in [0.29, 0.717) is 35.6 Å². The highest BCUT2D eigenvalue weighted by molar-refractivity contribution is 6.07. The number of nitrogens with zero attached hydrogens (tertiary/aromatic N) is 1. The predicted molar refractivity (Wildman–Crippen MR) is 99.7 cm³/mol. The summed E-state index contributed by atoms with van der Waals surface area (Å²) < 4.78 is 11.2. The average molecular weight is 345 g/mol. The van der Waals surface area contributed by atoms with Crippen molar-refractivity contribution < 1.29 is 13.9 Å². The fourth-order valence-corrected chi connectivity index (χ4v) is 3.19. The minimum absolute atomic E-state index is 0.182. The molecule has 0 saturated carbocycles. The van der Waals surface area contributed by atoms with E-state index < -0.39 is 5.63 Å². The highest BCUT2D eigenvalue weighted by Crippen LogP contribution is 2.29. The van der Waals surface area contributed by atoms with E-state index in [-0.39, 0.29) is 5.78 Å². The molecule has 0 bridgehead atoms. The maximum atomic E-state index is 12.2. The Balaban J connectivity index is 2.34. The number of fused-ring (bicyclic) bond motifs is 1. The van der Waals surface area contributed by atoms with E-state index in [4.69, 9.17) is 9.15 Å². The molecule has 0 unspecified atom stereocenters. The van der Waals surface area contributed by atoms with Crippen LogP contribution in [0.2, 0.25) is 0 Å². The van der Waals surface area contributed by atoms with Crippen LogP contribution in [0.15, 0.2) is 27.4 Å². The maximum absolute atomic E-state index is 12.2. The first-order chi connectivity index (χ1) is 11.7. The van der Waals surface area contributed by atoms with Crippen molar-refractivity contribution in [1.82, 2.24) is 4.90 Å². The van der Waals surface area contributed by atoms with Gasteiger partial charge in [-0.15, -0.1) is 0 Å². The normalized spacial score (nSPS) is 11.7. The van der Waals surface area contributed by atoms with Gasteiger partial charge >= 0.3 is 5.63 Å². The lowest BCUT2D eigenvalue weighted by Crippen LogP contribution is -2.39. The third-order valence-corrected chi connectivity index (χ3v) is 4.37. The number of hydrogen-bond donors (Lipinski definition) is 0. The summed E-state index contributed by atoms with van der Waals surface area (Å²) in [7, 11) is 0. The van der Waals surface area contributed by atoms with Crippen LogP contribution in [0.5, 0.6) is 5.75 Å². The molecular weight excluding hydrogens is 318 g/mol. The number of ether oxygens (including phenoxy) is 1. The zero-order valence-electron chi connectivity index (χ0n) is 15.9. The van der Waals surface area contributed by atoms with E-state index in [9.17, 15) is 9.59 Å². The SMILES string of the molecule is CC(=O)c1c(OCCN(C(C)C)C(C)C)ccc2c(C)cc(=O)oc12. The molecule has 0 aliphatic carbocycles. The molecule has 0 amide bonds. The molecule has 0 saturated heterocycles. The van der Waals surface area contributed by atoms with Gasteiger partial charge in [-0.2, -0.15) is 0 Å². The van der Waals surface area contributed by atoms with Crippen LogP contribution in [0, 0.1) is 6.92 Å². The molecule has 0 aliphatic rings. The summed E-state index contributed by atoms with van der Waals surface area (Å²) in [5.74, 6) is 0.278. The fourth-order valence-electron chi connectivity index (χ4n) is 3.19. The molecule has 2 aromatic rings. The van der Waals surface area contributed by atoms with Gasteiger partial charge in [0.15, 0.2) is 11.4 Å². The Morgan fingerprint density at radius 3 is 2.40 bits per heavy atom. The quantitative estimate of drug-likeness (QED) is 0.564. The van der Waals surface area contributed by atoms with Crippen LogP contribution in [0.25, 0.3) is 11.0 Å². The molecule has 5 nitrogen and oxygen atoms in total. The molecule has 136 valence electrons. The molecule has 25 heavy (non-hydrogen) atoms. The number of ketones is 1. The van der Waals surface area contributed by atoms with Crippen LogP contribution < -0.4 is 10.4 Å². The lowest BCUT2D eigenvalue weighted by atomic mass is 10.0. The van der Waals surface area contributed by atoms with Gasteiger partial charge in [-0.1, -0.05) is 0 Å². The van der Waals surface area contributed by atoms with Gasteiger partial charge < -0.3 is 9.15 Å². The third-order valence-electron chi connectivity index (χ3n) is 4.37. The van der Waals surface area contributed by atoms with E-state index in [0.717, 1.165) is 17.5 Å². The summed E-state index contributed by atoms with van der Waals surface area (Å²) in [6.07, 6.45) is 0. The van der Waals surface area contributed by atoms with Crippen LogP contribution in [-0.2, 0) is 0 Å². The summed E-state index contributed by atoms with van der Waals surface area (Å²) in [4.78, 5) is 26.2. The topological polar surface area (TPSA) is 59.8 Å². The molecule has 0 radical (unpaired) electrons. The Bertz CT molecular complexity index is 812. The first-order valence-corrected chi connectivity index (χ1v) is 8.69. The number of carbonyl (C=O) groups excluding carboxylic acids is 1. The molecular formula is C20H27NO4. The Morgan fingerprint density at radius 1 is 1.20 bits per heavy atom. The first-order valence-electron chi connectivity index (χ1n) is 8.69. The van der Waals surface area contributed by atoms with Crippen LogP contribution in [-0.4, -0.2) is 35.9 Å². The number of Topliss-reactive ketones (excluding diaryl/α,β-unsaturated/α-hetero) is 1. The molecule has 2 rings (SSSR count). The fraction of sp³-hybridized carbons (Fsp3) is 0.500. The highest BCUT2D eigenvalue weighted by Gasteiger charge is 2.18. The molecule has 1 heterocycles. The molecule has 1 aromatic carbocycles. The van der Waals surface area contributed by atoms with Gasteiger partial charge in [-0.3, -0.25) is 9.69 Å². The van der Waals surface area contributed by atoms with Crippen LogP contribution in [0.1, 0.15) is 50.5 Å². The van der Waals surface area contributed by atoms with E-state index in [1.807, 2.05) is 13.0 Å². The maximum Gasteiger partial charge on any atom is 0.336 e. The van der Waals surface area contributed by atoms with E-state index in [1.54, 1.807) is 6.07 Å². The number of carbonyl (C=O) groups is 1. The Morgan fingerprint density at radius 2 is 1.84 bits per heavy atom. The van der Waals surface area contributed by atoms with Gasteiger partial charge in [0, 0.05) is 30.1 Å². The monoisotopic (exact) mass is 345 g/mol. The van der Waals surface area contributed by atoms with Crippen LogP contribution in [0.4, 0.5) is 0 Å². The van der Waals surface area contributed by atoms with Gasteiger partial charge in [0.1, 0.15) is 17.9 Å². The van der Waals surface area contributed by atoms with Gasteiger partial charge in [0.05, 0.1) is 0 Å². The molecule has 0 spiro atoms. The number of hydrogen-bond acceptors (Lipinski definition) is 5. The lowest BCUT2D eigenvalue weighted by molar-refractivity contribution is 0.101. The first kappa shape index (κ1) is 19.2. The summed E-state index contributed by atoms with van der Waals surface area (Å²) in [6, 6.07) is 5.86. The van der Waals surface area contributed by atoms with Crippen molar-refractivity contribution in [2.24, 2.45) is 0 Å². The molecule has 0 aliphatic heterocycles. The zero-order valence-corrected chi connectivity index (χ0v) is 15.9. The van der Waals surface area contributed by atoms with Crippen molar-refractivity contribution in [2.45, 2.75) is 53.6 Å². The predicted octanol–water partition coefficient (Wildman–Crippen LogP) is 3.80. The summed E-state index contributed by atoms with van der Waals surface area (Å²) in [5.41, 5.74) is 0.958. The van der Waals surface area contributed by atoms with E-state index >= 15 is 0 Å². The highest BCUT2D eigenvalue weighted by atomic mass is 16.5. The largest absolute Gasteiger partial charge is 0.491 e. The second-order valence-corrected chi connectivity index (χ2v) is 6.89. The lowest BCUT2D eigenvalue weighted by Gasteiger charge is -2.30. The summed E-state index contributed by atoms with van der Waals surface area (Å²) in [5, 5.41) is 0.753. The summed E-state index contributed by atoms with van der Waals surface area (Å²) >= 11 is 0. The Kier molecular flexibility index (Phi) is 6.01. The van der Waals surface area contributed by atoms with Gasteiger partial charge in [0.2, 0.25) is 0 Å². The minimum atomic E-state index is -0.463. The standard InChI is InChI=1S/C20H27NO4/c1-12(2)21(13(3)4)9-10-24-17-8-7-16-14(5)11-18(23)25-20(16)19(17)15(6)22/h7-8,11-13H,9-10H2,1-6H3. The van der Waals surface area contributed by atoms with Gasteiger partial charge in [-0.05, 0) is 59.2 Å². The van der Waals surface area contributed by atoms with E-state index in [2.05, 4.69) is 32.6 Å². The van der Waals surface area contributed by atoms with Gasteiger partial charge in [-0.25, -0.2) is 4.79 Å². The molecule has 0 fully saturated rings. The molecule has 0 N–H and O–H groups in total. The van der Waals surface area contributed by atoms with Crippen molar-refractivity contribution in [2.75, 3.05) is 13.2 Å². The number of rotatable bonds is 7. The number of aryl methyl sites for hydroxylation is 1. The Hall–Kier alpha value is -2.14. The second kappa shape index (κ2) is 7.83. The molecule has 1 aromatic heterocycles. The van der Waals surface area contributed by atoms with Crippen LogP contribution in [0.3, 0.4) is 0 Å². The minimum Gasteiger partial charge on any atom is -0.491 e. The van der Waals surface area contributed by atoms with Crippen molar-refractivity contribution >= 4 is 16.8 Å². The van der Waals surface area contributed by atoms with Crippen molar-refractivity contribution in [3.8, 4) is 5.75 Å². The van der Waals surface area contributed by atoms with Crippen LogP contribution >= 0.6 is 0 Å². The van der Waals surface area contributed by atoms with Crippen molar-refractivity contribution in [3.63, 3.8) is 0 Å². The smallest absolute Gasteiger partial charge is 0.336 e. The van der Waals surface area contributed by atoms with Gasteiger partial charge in [0.25, 0.3) is 0 Å². The number of benzene rings is 1. The van der Waals surface area contributed by atoms with Crippen molar-refractivity contribution in [1.29, 1.82) is 0 Å². The molecule has 5 heteroatoms. The summed E-state index contributed by atoms with van der Waals surface area (Å²) in [6.45, 7) is 13.1. The Labute approximate surface area is 148 Å². The zero-order chi connectivity index (χ0) is 18.7. The van der Waals surface area contributed by atoms with E-state index in [1.165, 1.54) is 13.0 Å². The molecule has 0 atom stereocenters. The average Bonchev–Trinajstić information content (AvgIpc) is 2.49. The third kappa shape index (κ3) is 4.28.